The number of azo groups is 1. The molecule has 23 heavy (non-hydrogen) atoms. The predicted molar refractivity (Wildman–Crippen MR) is 83.3 cm³/mol. The summed E-state index contributed by atoms with van der Waals surface area (Å²) in [6.07, 6.45) is 5.33. The van der Waals surface area contributed by atoms with Crippen molar-refractivity contribution in [3.63, 3.8) is 0 Å². The lowest BCUT2D eigenvalue weighted by atomic mass is 10.1. The van der Waals surface area contributed by atoms with Gasteiger partial charge in [0, 0.05) is 24.7 Å². The number of benzene rings is 1. The number of aromatic nitrogens is 1. The summed E-state index contributed by atoms with van der Waals surface area (Å²) in [7, 11) is 1.36. The fourth-order valence-electron chi connectivity index (χ4n) is 1.91. The molecule has 1 N–H and O–H groups in total. The van der Waals surface area contributed by atoms with E-state index in [1.807, 2.05) is 0 Å². The Morgan fingerprint density at radius 2 is 1.91 bits per heavy atom. The first-order valence-electron chi connectivity index (χ1n) is 6.42. The Bertz CT molecular complexity index is 905. The van der Waals surface area contributed by atoms with Crippen molar-refractivity contribution in [1.82, 2.24) is 4.57 Å². The highest BCUT2D eigenvalue weighted by molar-refractivity contribution is 5.57. The monoisotopic (exact) mass is 312 g/mol. The standard InChI is InChI=1S/C15H12N4O4/c1-4-12-9(2)13(15(21)18(3)14(12)20)17-16-10-5-7-11(8-6-10)19(22)23/h1,5-8,20H,2-3H3. The highest BCUT2D eigenvalue weighted by atomic mass is 16.6. The number of aromatic hydroxyl groups is 1. The van der Waals surface area contributed by atoms with Crippen LogP contribution in [0, 0.1) is 29.4 Å². The molecular weight excluding hydrogens is 300 g/mol. The maximum absolute atomic E-state index is 12.1. The molecule has 0 amide bonds. The number of terminal acetylenes is 1. The van der Waals surface area contributed by atoms with E-state index < -0.39 is 10.5 Å². The van der Waals surface area contributed by atoms with Gasteiger partial charge in [-0.2, -0.15) is 5.11 Å². The molecule has 0 radical (unpaired) electrons. The average molecular weight is 312 g/mol. The molecule has 0 saturated heterocycles. The maximum Gasteiger partial charge on any atom is 0.281 e. The zero-order chi connectivity index (χ0) is 17.1. The summed E-state index contributed by atoms with van der Waals surface area (Å²) in [5.41, 5.74) is 0.201. The van der Waals surface area contributed by atoms with Gasteiger partial charge in [0.25, 0.3) is 11.2 Å². The second-order valence-corrected chi connectivity index (χ2v) is 4.65. The Kier molecular flexibility index (Phi) is 4.23. The van der Waals surface area contributed by atoms with Gasteiger partial charge in [-0.1, -0.05) is 5.92 Å². The number of hydrogen-bond acceptors (Lipinski definition) is 6. The van der Waals surface area contributed by atoms with Gasteiger partial charge in [-0.25, -0.2) is 0 Å². The Labute approximate surface area is 130 Å². The zero-order valence-electron chi connectivity index (χ0n) is 12.3. The van der Waals surface area contributed by atoms with E-state index in [0.29, 0.717) is 11.3 Å². The Hall–Kier alpha value is -3.47. The van der Waals surface area contributed by atoms with Crippen LogP contribution in [0.3, 0.4) is 0 Å². The minimum atomic E-state index is -0.551. The Morgan fingerprint density at radius 3 is 2.43 bits per heavy atom. The lowest BCUT2D eigenvalue weighted by Crippen LogP contribution is -2.18. The van der Waals surface area contributed by atoms with Crippen LogP contribution in [0.5, 0.6) is 5.88 Å². The van der Waals surface area contributed by atoms with Crippen LogP contribution in [0.15, 0.2) is 39.3 Å². The number of hydrogen-bond donors (Lipinski definition) is 1. The molecule has 2 aromatic rings. The number of nitrogens with zero attached hydrogens (tertiary/aromatic N) is 4. The van der Waals surface area contributed by atoms with Gasteiger partial charge >= 0.3 is 0 Å². The Balaban J connectivity index is 2.48. The van der Waals surface area contributed by atoms with Gasteiger partial charge in [0.15, 0.2) is 5.69 Å². The lowest BCUT2D eigenvalue weighted by Gasteiger charge is -2.09. The van der Waals surface area contributed by atoms with Crippen molar-refractivity contribution in [1.29, 1.82) is 0 Å². The quantitative estimate of drug-likeness (QED) is 0.406. The Morgan fingerprint density at radius 1 is 1.30 bits per heavy atom. The fourth-order valence-corrected chi connectivity index (χ4v) is 1.91. The van der Waals surface area contributed by atoms with Gasteiger partial charge in [-0.3, -0.25) is 19.5 Å². The van der Waals surface area contributed by atoms with Crippen LogP contribution < -0.4 is 5.56 Å². The minimum Gasteiger partial charge on any atom is -0.493 e. The number of nitro groups is 1. The van der Waals surface area contributed by atoms with Crippen LogP contribution in [0.25, 0.3) is 0 Å². The van der Waals surface area contributed by atoms with E-state index >= 15 is 0 Å². The van der Waals surface area contributed by atoms with Gasteiger partial charge in [0.05, 0.1) is 16.2 Å². The SMILES string of the molecule is C#Cc1c(C)c(N=Nc2ccc([N+](=O)[O-])cc2)c(=O)n(C)c1O. The van der Waals surface area contributed by atoms with Crippen LogP contribution in [-0.4, -0.2) is 14.6 Å². The highest BCUT2D eigenvalue weighted by Gasteiger charge is 2.15. The number of nitro benzene ring substituents is 1. The minimum absolute atomic E-state index is 0.00315. The van der Waals surface area contributed by atoms with Crippen molar-refractivity contribution in [2.45, 2.75) is 6.92 Å². The molecule has 0 aliphatic carbocycles. The van der Waals surface area contributed by atoms with Gasteiger partial charge in [-0.15, -0.1) is 11.5 Å². The van der Waals surface area contributed by atoms with Gasteiger partial charge in [-0.05, 0) is 19.1 Å². The summed E-state index contributed by atoms with van der Waals surface area (Å²) in [6, 6.07) is 5.37. The molecule has 1 aromatic carbocycles. The van der Waals surface area contributed by atoms with E-state index in [4.69, 9.17) is 6.42 Å². The largest absolute Gasteiger partial charge is 0.493 e. The van der Waals surface area contributed by atoms with Crippen molar-refractivity contribution in [3.8, 4) is 18.2 Å². The lowest BCUT2D eigenvalue weighted by molar-refractivity contribution is -0.384. The third-order valence-corrected chi connectivity index (χ3v) is 3.25. The zero-order valence-corrected chi connectivity index (χ0v) is 12.3. The van der Waals surface area contributed by atoms with Gasteiger partial charge < -0.3 is 5.11 Å². The van der Waals surface area contributed by atoms with Crippen LogP contribution in [0.1, 0.15) is 11.1 Å². The highest BCUT2D eigenvalue weighted by Crippen LogP contribution is 2.26. The topological polar surface area (TPSA) is 110 Å². The van der Waals surface area contributed by atoms with E-state index in [1.165, 1.54) is 31.3 Å². The number of pyridine rings is 1. The molecule has 2 rings (SSSR count). The van der Waals surface area contributed by atoms with Crippen molar-refractivity contribution in [2.24, 2.45) is 17.3 Å². The summed E-state index contributed by atoms with van der Waals surface area (Å²) < 4.78 is 0.979. The molecule has 0 unspecified atom stereocenters. The van der Waals surface area contributed by atoms with Crippen molar-refractivity contribution >= 4 is 17.1 Å². The van der Waals surface area contributed by atoms with Crippen LogP contribution >= 0.6 is 0 Å². The molecule has 116 valence electrons. The predicted octanol–water partition coefficient (Wildman–Crippen LogP) is 2.70. The van der Waals surface area contributed by atoms with Crippen molar-refractivity contribution < 1.29 is 10.0 Å². The molecule has 0 saturated carbocycles. The molecule has 0 atom stereocenters. The van der Waals surface area contributed by atoms with Gasteiger partial charge in [0.1, 0.15) is 0 Å². The van der Waals surface area contributed by atoms with Crippen molar-refractivity contribution in [3.05, 3.63) is 55.9 Å². The fraction of sp³-hybridized carbons (Fsp3) is 0.133. The summed E-state index contributed by atoms with van der Waals surface area (Å²) >= 11 is 0. The number of non-ortho nitro benzene ring substituents is 1. The third-order valence-electron chi connectivity index (χ3n) is 3.25. The number of rotatable bonds is 3. The molecule has 1 heterocycles. The molecule has 0 spiro atoms. The van der Waals surface area contributed by atoms with Crippen molar-refractivity contribution in [2.75, 3.05) is 0 Å². The molecular formula is C15H12N4O4. The first-order valence-corrected chi connectivity index (χ1v) is 6.42. The van der Waals surface area contributed by atoms with E-state index in [2.05, 4.69) is 16.1 Å². The molecule has 0 aliphatic heterocycles. The normalized spacial score (nSPS) is 10.7. The van der Waals surface area contributed by atoms with Crippen LogP contribution in [0.2, 0.25) is 0 Å². The summed E-state index contributed by atoms with van der Waals surface area (Å²) in [4.78, 5) is 22.2. The first-order chi connectivity index (χ1) is 10.9. The van der Waals surface area contributed by atoms with E-state index in [1.54, 1.807) is 6.92 Å². The van der Waals surface area contributed by atoms with E-state index in [9.17, 15) is 20.0 Å². The van der Waals surface area contributed by atoms with Crippen LogP contribution in [-0.2, 0) is 7.05 Å². The van der Waals surface area contributed by atoms with E-state index in [0.717, 1.165) is 4.57 Å². The maximum atomic E-state index is 12.1. The molecule has 8 heteroatoms. The second kappa shape index (κ2) is 6.11. The first kappa shape index (κ1) is 15.9. The molecule has 0 fully saturated rings. The summed E-state index contributed by atoms with van der Waals surface area (Å²) in [5, 5.41) is 28.2. The smallest absolute Gasteiger partial charge is 0.281 e. The third kappa shape index (κ3) is 2.94. The van der Waals surface area contributed by atoms with Crippen LogP contribution in [0.4, 0.5) is 17.1 Å². The van der Waals surface area contributed by atoms with E-state index in [-0.39, 0.29) is 22.8 Å². The average Bonchev–Trinajstić information content (AvgIpc) is 2.54. The summed E-state index contributed by atoms with van der Waals surface area (Å²) in [6.45, 7) is 1.56. The molecule has 0 aliphatic rings. The second-order valence-electron chi connectivity index (χ2n) is 4.65. The summed E-state index contributed by atoms with van der Waals surface area (Å²) in [5.74, 6) is 1.99. The molecule has 1 aromatic heterocycles. The molecule has 0 bridgehead atoms. The van der Waals surface area contributed by atoms with Gasteiger partial charge in [0.2, 0.25) is 5.88 Å². The molecule has 8 nitrogen and oxygen atoms in total.